The fraction of sp³-hybridized carbons (Fsp3) is 0.400. The molecule has 2 nitrogen and oxygen atoms in total. The van der Waals surface area contributed by atoms with Gasteiger partial charge >= 0.3 is 6.18 Å². The summed E-state index contributed by atoms with van der Waals surface area (Å²) in [6, 6.07) is 0. The number of rotatable bonds is 0. The Hall–Kier alpha value is -1.07. The summed E-state index contributed by atoms with van der Waals surface area (Å²) in [7, 11) is 0. The SMILES string of the molecule is Cc1[nH]nc(C(F)(F)F)c1F. The van der Waals surface area contributed by atoms with Gasteiger partial charge in [-0.2, -0.15) is 18.3 Å². The van der Waals surface area contributed by atoms with Crippen molar-refractivity contribution in [2.75, 3.05) is 0 Å². The van der Waals surface area contributed by atoms with Gasteiger partial charge in [-0.15, -0.1) is 0 Å². The van der Waals surface area contributed by atoms with Crippen molar-refractivity contribution in [3.05, 3.63) is 17.2 Å². The van der Waals surface area contributed by atoms with E-state index in [1.807, 2.05) is 5.10 Å². The van der Waals surface area contributed by atoms with E-state index in [0.717, 1.165) is 0 Å². The van der Waals surface area contributed by atoms with Crippen molar-refractivity contribution in [1.29, 1.82) is 0 Å². The summed E-state index contributed by atoms with van der Waals surface area (Å²) in [5.41, 5.74) is -1.70. The molecule has 1 rings (SSSR count). The number of alkyl halides is 3. The molecule has 0 atom stereocenters. The van der Waals surface area contributed by atoms with Crippen molar-refractivity contribution in [3.8, 4) is 0 Å². The number of halogens is 4. The number of aromatic amines is 1. The van der Waals surface area contributed by atoms with Crippen LogP contribution in [0.25, 0.3) is 0 Å². The molecule has 1 N–H and O–H groups in total. The highest BCUT2D eigenvalue weighted by molar-refractivity contribution is 5.13. The standard InChI is InChI=1S/C5H4F4N2/c1-2-3(6)4(11-10-2)5(7,8)9/h1H3,(H,10,11). The van der Waals surface area contributed by atoms with Gasteiger partial charge in [0.2, 0.25) is 5.69 Å². The van der Waals surface area contributed by atoms with E-state index in [4.69, 9.17) is 0 Å². The Kier molecular flexibility index (Phi) is 1.62. The van der Waals surface area contributed by atoms with Crippen LogP contribution in [0.3, 0.4) is 0 Å². The van der Waals surface area contributed by atoms with Crippen LogP contribution < -0.4 is 0 Å². The largest absolute Gasteiger partial charge is 0.438 e. The van der Waals surface area contributed by atoms with Gasteiger partial charge in [-0.3, -0.25) is 5.10 Å². The average Bonchev–Trinajstić information content (AvgIpc) is 2.11. The van der Waals surface area contributed by atoms with Gasteiger partial charge in [-0.1, -0.05) is 0 Å². The molecule has 62 valence electrons. The number of H-pyrrole nitrogens is 1. The van der Waals surface area contributed by atoms with Crippen LogP contribution in [0.15, 0.2) is 0 Å². The summed E-state index contributed by atoms with van der Waals surface area (Å²) in [4.78, 5) is 0. The average molecular weight is 168 g/mol. The number of nitrogens with zero attached hydrogens (tertiary/aromatic N) is 1. The van der Waals surface area contributed by atoms with Crippen molar-refractivity contribution in [2.45, 2.75) is 13.1 Å². The molecule has 1 heterocycles. The summed E-state index contributed by atoms with van der Waals surface area (Å²) in [5, 5.41) is 4.66. The summed E-state index contributed by atoms with van der Waals surface area (Å²) >= 11 is 0. The third kappa shape index (κ3) is 1.33. The molecule has 0 radical (unpaired) electrons. The van der Waals surface area contributed by atoms with Crippen LogP contribution >= 0.6 is 0 Å². The summed E-state index contributed by atoms with van der Waals surface area (Å²) in [6.45, 7) is 1.18. The molecule has 0 amide bonds. The van der Waals surface area contributed by atoms with Gasteiger partial charge in [0.05, 0.1) is 5.69 Å². The zero-order chi connectivity index (χ0) is 8.65. The first-order valence-electron chi connectivity index (χ1n) is 2.70. The molecule has 0 aliphatic heterocycles. The minimum atomic E-state index is -4.71. The highest BCUT2D eigenvalue weighted by atomic mass is 19.4. The summed E-state index contributed by atoms with van der Waals surface area (Å²) < 4.78 is 47.7. The zero-order valence-corrected chi connectivity index (χ0v) is 5.46. The second-order valence-corrected chi connectivity index (χ2v) is 2.01. The van der Waals surface area contributed by atoms with Crippen molar-refractivity contribution < 1.29 is 17.6 Å². The lowest BCUT2D eigenvalue weighted by molar-refractivity contribution is -0.143. The molecule has 0 saturated carbocycles. The minimum absolute atomic E-state index is 0.211. The van der Waals surface area contributed by atoms with E-state index in [9.17, 15) is 17.6 Å². The van der Waals surface area contributed by atoms with Crippen molar-refractivity contribution >= 4 is 0 Å². The first-order chi connectivity index (χ1) is 4.93. The van der Waals surface area contributed by atoms with Gasteiger partial charge in [0.1, 0.15) is 0 Å². The van der Waals surface area contributed by atoms with Crippen LogP contribution in [-0.4, -0.2) is 10.2 Å². The van der Waals surface area contributed by atoms with E-state index < -0.39 is 17.7 Å². The third-order valence-electron chi connectivity index (χ3n) is 1.14. The first kappa shape index (κ1) is 8.03. The minimum Gasteiger partial charge on any atom is -0.279 e. The topological polar surface area (TPSA) is 28.7 Å². The second-order valence-electron chi connectivity index (χ2n) is 2.01. The molecule has 11 heavy (non-hydrogen) atoms. The lowest BCUT2D eigenvalue weighted by Gasteiger charge is -1.99. The van der Waals surface area contributed by atoms with E-state index in [1.165, 1.54) is 6.92 Å². The predicted molar refractivity (Wildman–Crippen MR) is 28.3 cm³/mol. The Morgan fingerprint density at radius 1 is 1.36 bits per heavy atom. The Morgan fingerprint density at radius 2 is 1.91 bits per heavy atom. The van der Waals surface area contributed by atoms with Gasteiger partial charge in [0.15, 0.2) is 5.82 Å². The highest BCUT2D eigenvalue weighted by Crippen LogP contribution is 2.30. The highest BCUT2D eigenvalue weighted by Gasteiger charge is 2.37. The van der Waals surface area contributed by atoms with Gasteiger partial charge in [0, 0.05) is 0 Å². The molecule has 1 aromatic rings. The maximum absolute atomic E-state index is 12.4. The van der Waals surface area contributed by atoms with Crippen LogP contribution in [-0.2, 0) is 6.18 Å². The molecular weight excluding hydrogens is 164 g/mol. The molecule has 0 aromatic carbocycles. The molecule has 0 aliphatic rings. The molecule has 0 fully saturated rings. The lowest BCUT2D eigenvalue weighted by atomic mass is 10.3. The van der Waals surface area contributed by atoms with Crippen LogP contribution in [0.1, 0.15) is 11.4 Å². The van der Waals surface area contributed by atoms with Crippen molar-refractivity contribution in [1.82, 2.24) is 10.2 Å². The predicted octanol–water partition coefficient (Wildman–Crippen LogP) is 1.88. The monoisotopic (exact) mass is 168 g/mol. The van der Waals surface area contributed by atoms with Crippen molar-refractivity contribution in [2.24, 2.45) is 0 Å². The number of aryl methyl sites for hydroxylation is 1. The Morgan fingerprint density at radius 3 is 2.09 bits per heavy atom. The first-order valence-corrected chi connectivity index (χ1v) is 2.70. The molecule has 0 spiro atoms. The molecule has 0 unspecified atom stereocenters. The Labute approximate surface area is 59.2 Å². The van der Waals surface area contributed by atoms with Crippen LogP contribution in [0.5, 0.6) is 0 Å². The van der Waals surface area contributed by atoms with E-state index in [2.05, 4.69) is 5.10 Å². The maximum Gasteiger partial charge on any atom is 0.438 e. The summed E-state index contributed by atoms with van der Waals surface area (Å²) in [6.07, 6.45) is -4.71. The van der Waals surface area contributed by atoms with Gasteiger partial charge in [-0.25, -0.2) is 4.39 Å². The molecular formula is C5H4F4N2. The smallest absolute Gasteiger partial charge is 0.279 e. The number of aromatic nitrogens is 2. The summed E-state index contributed by atoms with van der Waals surface area (Å²) in [5.74, 6) is -1.34. The van der Waals surface area contributed by atoms with Gasteiger partial charge in [-0.05, 0) is 6.92 Å². The molecule has 0 saturated heterocycles. The quantitative estimate of drug-likeness (QED) is 0.588. The number of hydrogen-bond acceptors (Lipinski definition) is 1. The maximum atomic E-state index is 12.4. The number of nitrogens with one attached hydrogen (secondary N) is 1. The van der Waals surface area contributed by atoms with Crippen LogP contribution in [0.2, 0.25) is 0 Å². The Bertz CT molecular complexity index is 262. The fourth-order valence-electron chi connectivity index (χ4n) is 0.603. The third-order valence-corrected chi connectivity index (χ3v) is 1.14. The fourth-order valence-corrected chi connectivity index (χ4v) is 0.603. The van der Waals surface area contributed by atoms with Crippen LogP contribution in [0.4, 0.5) is 17.6 Å². The molecule has 0 aliphatic carbocycles. The van der Waals surface area contributed by atoms with Gasteiger partial charge < -0.3 is 0 Å². The van der Waals surface area contributed by atoms with Gasteiger partial charge in [0.25, 0.3) is 0 Å². The van der Waals surface area contributed by atoms with E-state index >= 15 is 0 Å². The van der Waals surface area contributed by atoms with Crippen LogP contribution in [0, 0.1) is 12.7 Å². The molecule has 1 aromatic heterocycles. The zero-order valence-electron chi connectivity index (χ0n) is 5.46. The van der Waals surface area contributed by atoms with E-state index in [-0.39, 0.29) is 5.69 Å². The number of hydrogen-bond donors (Lipinski definition) is 1. The lowest BCUT2D eigenvalue weighted by Crippen LogP contribution is -2.07. The van der Waals surface area contributed by atoms with E-state index in [1.54, 1.807) is 0 Å². The van der Waals surface area contributed by atoms with E-state index in [0.29, 0.717) is 0 Å². The second kappa shape index (κ2) is 2.21. The Balaban J connectivity index is 3.15. The molecule has 0 bridgehead atoms. The van der Waals surface area contributed by atoms with Crippen molar-refractivity contribution in [3.63, 3.8) is 0 Å². The normalized spacial score (nSPS) is 12.1. The molecule has 6 heteroatoms.